The molecule has 2 unspecified atom stereocenters. The summed E-state index contributed by atoms with van der Waals surface area (Å²) in [5.74, 6) is 0.0670. The van der Waals surface area contributed by atoms with Crippen molar-refractivity contribution in [3.05, 3.63) is 51.7 Å². The van der Waals surface area contributed by atoms with Crippen LogP contribution in [0.4, 0.5) is 0 Å². The molecule has 0 spiro atoms. The van der Waals surface area contributed by atoms with Gasteiger partial charge in [0.15, 0.2) is 0 Å². The molecule has 0 aliphatic carbocycles. The average molecular weight is 331 g/mol. The van der Waals surface area contributed by atoms with Gasteiger partial charge in [-0.15, -0.1) is 11.3 Å². The number of methoxy groups -OCH3 is 1. The van der Waals surface area contributed by atoms with Crippen molar-refractivity contribution in [3.8, 4) is 5.75 Å². The molecule has 1 aliphatic heterocycles. The molecule has 1 aliphatic rings. The van der Waals surface area contributed by atoms with Gasteiger partial charge in [0.25, 0.3) is 0 Å². The molecule has 1 N–H and O–H groups in total. The van der Waals surface area contributed by atoms with E-state index in [0.717, 1.165) is 24.3 Å². The quantitative estimate of drug-likeness (QED) is 0.907. The minimum absolute atomic E-state index is 0.0336. The Kier molecular flexibility index (Phi) is 4.68. The highest BCUT2D eigenvalue weighted by Crippen LogP contribution is 2.39. The highest BCUT2D eigenvalue weighted by atomic mass is 32.1. The summed E-state index contributed by atoms with van der Waals surface area (Å²) in [4.78, 5) is 15.0. The molecule has 0 radical (unpaired) electrons. The van der Waals surface area contributed by atoms with Crippen molar-refractivity contribution in [1.29, 1.82) is 0 Å². The van der Waals surface area contributed by atoms with Crippen LogP contribution in [0.25, 0.3) is 0 Å². The topological polar surface area (TPSA) is 49.8 Å². The van der Waals surface area contributed by atoms with Gasteiger partial charge in [0.1, 0.15) is 11.8 Å². The van der Waals surface area contributed by atoms with Crippen LogP contribution in [0.5, 0.6) is 5.75 Å². The van der Waals surface area contributed by atoms with Crippen LogP contribution in [-0.4, -0.2) is 35.7 Å². The molecule has 0 bridgehead atoms. The van der Waals surface area contributed by atoms with Gasteiger partial charge >= 0.3 is 5.97 Å². The maximum atomic E-state index is 11.7. The third-order valence-electron chi connectivity index (χ3n) is 4.47. The normalized spacial score (nSPS) is 19.7. The summed E-state index contributed by atoms with van der Waals surface area (Å²) in [6.45, 7) is 2.89. The molecule has 0 amide bonds. The Labute approximate surface area is 140 Å². The summed E-state index contributed by atoms with van der Waals surface area (Å²) in [5.41, 5.74) is 2.29. The second-order valence-electron chi connectivity index (χ2n) is 5.88. The zero-order valence-corrected chi connectivity index (χ0v) is 14.2. The van der Waals surface area contributed by atoms with E-state index in [4.69, 9.17) is 4.74 Å². The first kappa shape index (κ1) is 16.0. The Morgan fingerprint density at radius 3 is 2.91 bits per heavy atom. The number of aliphatic carboxylic acids is 1. The molecule has 1 fully saturated rings. The van der Waals surface area contributed by atoms with Crippen LogP contribution in [0.3, 0.4) is 0 Å². The second-order valence-corrected chi connectivity index (χ2v) is 6.83. The fourth-order valence-electron chi connectivity index (χ4n) is 3.33. The fourth-order valence-corrected chi connectivity index (χ4v) is 4.41. The predicted octanol–water partition coefficient (Wildman–Crippen LogP) is 3.70. The number of nitrogens with zero attached hydrogens (tertiary/aromatic N) is 1. The summed E-state index contributed by atoms with van der Waals surface area (Å²) in [6, 6.07) is 9.60. The number of hydrogen-bond donors (Lipinski definition) is 1. The zero-order valence-electron chi connectivity index (χ0n) is 13.4. The van der Waals surface area contributed by atoms with Gasteiger partial charge in [-0.1, -0.05) is 12.1 Å². The number of benzene rings is 1. The van der Waals surface area contributed by atoms with Crippen LogP contribution in [0.1, 0.15) is 34.9 Å². The molecule has 4 nitrogen and oxygen atoms in total. The lowest BCUT2D eigenvalue weighted by molar-refractivity contribution is -0.142. The predicted molar refractivity (Wildman–Crippen MR) is 91.3 cm³/mol. The molecule has 3 rings (SSSR count). The third kappa shape index (κ3) is 3.12. The maximum Gasteiger partial charge on any atom is 0.320 e. The molecule has 1 aromatic carbocycles. The molecule has 2 atom stereocenters. The van der Waals surface area contributed by atoms with Gasteiger partial charge in [-0.3, -0.25) is 9.69 Å². The van der Waals surface area contributed by atoms with Gasteiger partial charge in [-0.05, 0) is 54.5 Å². The van der Waals surface area contributed by atoms with Gasteiger partial charge in [0, 0.05) is 11.4 Å². The number of carboxylic acids is 1. The minimum Gasteiger partial charge on any atom is -0.497 e. The van der Waals surface area contributed by atoms with Crippen LogP contribution in [0, 0.1) is 6.92 Å². The molecular formula is C18H21NO3S. The van der Waals surface area contributed by atoms with E-state index in [1.807, 2.05) is 18.2 Å². The van der Waals surface area contributed by atoms with Crippen molar-refractivity contribution in [2.45, 2.75) is 31.8 Å². The van der Waals surface area contributed by atoms with E-state index in [-0.39, 0.29) is 6.04 Å². The molecule has 0 saturated carbocycles. The zero-order chi connectivity index (χ0) is 16.4. The van der Waals surface area contributed by atoms with Crippen molar-refractivity contribution in [2.24, 2.45) is 0 Å². The SMILES string of the molecule is COc1cccc(C(c2sccc2C)N2CCCC2C(=O)O)c1. The van der Waals surface area contributed by atoms with Crippen molar-refractivity contribution >= 4 is 17.3 Å². The van der Waals surface area contributed by atoms with Crippen molar-refractivity contribution in [3.63, 3.8) is 0 Å². The third-order valence-corrected chi connectivity index (χ3v) is 5.54. The smallest absolute Gasteiger partial charge is 0.320 e. The Morgan fingerprint density at radius 2 is 2.26 bits per heavy atom. The number of thiophene rings is 1. The molecule has 2 heterocycles. The maximum absolute atomic E-state index is 11.7. The van der Waals surface area contributed by atoms with E-state index in [2.05, 4.69) is 29.3 Å². The Morgan fingerprint density at radius 1 is 1.43 bits per heavy atom. The highest BCUT2D eigenvalue weighted by molar-refractivity contribution is 7.10. The van der Waals surface area contributed by atoms with Crippen molar-refractivity contribution < 1.29 is 14.6 Å². The summed E-state index contributed by atoms with van der Waals surface area (Å²) >= 11 is 1.69. The Balaban J connectivity index is 2.07. The first-order valence-electron chi connectivity index (χ1n) is 7.78. The van der Waals surface area contributed by atoms with Crippen LogP contribution in [-0.2, 0) is 4.79 Å². The van der Waals surface area contributed by atoms with E-state index in [1.54, 1.807) is 18.4 Å². The molecule has 23 heavy (non-hydrogen) atoms. The van der Waals surface area contributed by atoms with Gasteiger partial charge in [-0.25, -0.2) is 0 Å². The Bertz CT molecular complexity index is 697. The molecule has 1 aromatic heterocycles. The molecule has 122 valence electrons. The van der Waals surface area contributed by atoms with E-state index in [1.165, 1.54) is 10.4 Å². The minimum atomic E-state index is -0.732. The summed E-state index contributed by atoms with van der Waals surface area (Å²) in [6.07, 6.45) is 1.63. The van der Waals surface area contributed by atoms with Gasteiger partial charge in [0.2, 0.25) is 0 Å². The fraction of sp³-hybridized carbons (Fsp3) is 0.389. The molecule has 5 heteroatoms. The van der Waals surface area contributed by atoms with E-state index < -0.39 is 12.0 Å². The number of aryl methyl sites for hydroxylation is 1. The number of rotatable bonds is 5. The van der Waals surface area contributed by atoms with Crippen LogP contribution in [0.2, 0.25) is 0 Å². The first-order valence-corrected chi connectivity index (χ1v) is 8.66. The largest absolute Gasteiger partial charge is 0.497 e. The van der Waals surface area contributed by atoms with Crippen molar-refractivity contribution in [1.82, 2.24) is 4.90 Å². The summed E-state index contributed by atoms with van der Waals surface area (Å²) in [5, 5.41) is 11.7. The second kappa shape index (κ2) is 6.72. The standard InChI is InChI=1S/C18H21NO3S/c1-12-8-10-23-17(12)16(13-5-3-6-14(11-13)22-2)19-9-4-7-15(19)18(20)21/h3,5-6,8,10-11,15-16H,4,7,9H2,1-2H3,(H,20,21). The van der Waals surface area contributed by atoms with E-state index in [9.17, 15) is 9.90 Å². The summed E-state index contributed by atoms with van der Waals surface area (Å²) in [7, 11) is 1.65. The lowest BCUT2D eigenvalue weighted by Crippen LogP contribution is -2.39. The number of ether oxygens (including phenoxy) is 1. The monoisotopic (exact) mass is 331 g/mol. The van der Waals surface area contributed by atoms with E-state index >= 15 is 0 Å². The Hall–Kier alpha value is -1.85. The summed E-state index contributed by atoms with van der Waals surface area (Å²) < 4.78 is 5.36. The highest BCUT2D eigenvalue weighted by Gasteiger charge is 2.37. The van der Waals surface area contributed by atoms with Gasteiger partial charge < -0.3 is 9.84 Å². The van der Waals surface area contributed by atoms with Gasteiger partial charge in [-0.2, -0.15) is 0 Å². The van der Waals surface area contributed by atoms with Crippen LogP contribution in [0.15, 0.2) is 35.7 Å². The van der Waals surface area contributed by atoms with Gasteiger partial charge in [0.05, 0.1) is 13.2 Å². The number of likely N-dealkylation sites (tertiary alicyclic amines) is 1. The average Bonchev–Trinajstić information content (AvgIpc) is 3.18. The van der Waals surface area contributed by atoms with Crippen molar-refractivity contribution in [2.75, 3.05) is 13.7 Å². The molecular weight excluding hydrogens is 310 g/mol. The number of carboxylic acid groups (broad SMARTS) is 1. The van der Waals surface area contributed by atoms with Crippen LogP contribution >= 0.6 is 11.3 Å². The molecule has 1 saturated heterocycles. The lowest BCUT2D eigenvalue weighted by Gasteiger charge is -2.31. The lowest BCUT2D eigenvalue weighted by atomic mass is 10.00. The molecule has 2 aromatic rings. The number of hydrogen-bond acceptors (Lipinski definition) is 4. The first-order chi connectivity index (χ1) is 11.1. The van der Waals surface area contributed by atoms with E-state index in [0.29, 0.717) is 6.42 Å². The van der Waals surface area contributed by atoms with Crippen LogP contribution < -0.4 is 4.74 Å². The number of carbonyl (C=O) groups is 1.